The van der Waals surface area contributed by atoms with Gasteiger partial charge in [-0.15, -0.1) is 0 Å². The monoisotopic (exact) mass is 343 g/mol. The van der Waals surface area contributed by atoms with Gasteiger partial charge in [-0.1, -0.05) is 18.2 Å². The fraction of sp³-hybridized carbons (Fsp3) is 0.312. The number of nitrogen functional groups attached to an aromatic ring is 1. The molecule has 1 saturated heterocycles. The number of anilines is 1. The second-order valence-corrected chi connectivity index (χ2v) is 5.74. The zero-order valence-electron chi connectivity index (χ0n) is 13.2. The summed E-state index contributed by atoms with van der Waals surface area (Å²) in [4.78, 5) is 12.7. The summed E-state index contributed by atoms with van der Waals surface area (Å²) in [7, 11) is 0. The van der Waals surface area contributed by atoms with Crippen LogP contribution in [-0.4, -0.2) is 48.5 Å². The number of imidazole rings is 1. The standard InChI is InChI=1S/C16H17N5O4/c17-16-19-14-13(15(20-16)24-9-4-2-1-3-5-9)18-8-21(14)12-6-10(23)11(7-22)25-12/h1-5,8,10-12,22-23H,6-7H2,(H2,17,19,20)/t10-,11+,12+/m0/s1. The lowest BCUT2D eigenvalue weighted by Crippen LogP contribution is -2.24. The highest BCUT2D eigenvalue weighted by Gasteiger charge is 2.35. The number of aliphatic hydroxyl groups is 2. The lowest BCUT2D eigenvalue weighted by molar-refractivity contribution is -0.0432. The van der Waals surface area contributed by atoms with Crippen LogP contribution in [-0.2, 0) is 4.74 Å². The molecule has 0 unspecified atom stereocenters. The largest absolute Gasteiger partial charge is 0.437 e. The molecule has 130 valence electrons. The van der Waals surface area contributed by atoms with Crippen molar-refractivity contribution in [3.63, 3.8) is 0 Å². The second kappa shape index (κ2) is 6.28. The minimum atomic E-state index is -0.758. The molecule has 3 aromatic rings. The quantitative estimate of drug-likeness (QED) is 0.636. The molecule has 9 heteroatoms. The zero-order valence-corrected chi connectivity index (χ0v) is 13.2. The molecular weight excluding hydrogens is 326 g/mol. The SMILES string of the molecule is Nc1nc(Oc2ccccc2)c2ncn([C@H]3C[C@H](O)[C@@H](CO)O3)c2n1. The first-order valence-electron chi connectivity index (χ1n) is 7.83. The Balaban J connectivity index is 1.72. The number of ether oxygens (including phenoxy) is 2. The van der Waals surface area contributed by atoms with Crippen molar-refractivity contribution in [1.82, 2.24) is 19.5 Å². The van der Waals surface area contributed by atoms with Crippen molar-refractivity contribution >= 4 is 17.1 Å². The van der Waals surface area contributed by atoms with Crippen LogP contribution in [0.15, 0.2) is 36.7 Å². The summed E-state index contributed by atoms with van der Waals surface area (Å²) in [5.41, 5.74) is 6.69. The molecular formula is C16H17N5O4. The lowest BCUT2D eigenvalue weighted by Gasteiger charge is -2.14. The fourth-order valence-electron chi connectivity index (χ4n) is 2.84. The molecule has 2 aromatic heterocycles. The highest BCUT2D eigenvalue weighted by Crippen LogP contribution is 2.33. The molecule has 4 N–H and O–H groups in total. The van der Waals surface area contributed by atoms with Crippen LogP contribution in [0.25, 0.3) is 11.2 Å². The van der Waals surface area contributed by atoms with Gasteiger partial charge in [0.25, 0.3) is 5.88 Å². The van der Waals surface area contributed by atoms with E-state index in [1.165, 1.54) is 6.33 Å². The minimum Gasteiger partial charge on any atom is -0.437 e. The topological polar surface area (TPSA) is 129 Å². The molecule has 0 amide bonds. The van der Waals surface area contributed by atoms with E-state index < -0.39 is 18.4 Å². The van der Waals surface area contributed by atoms with Gasteiger partial charge in [-0.3, -0.25) is 4.57 Å². The van der Waals surface area contributed by atoms with Crippen LogP contribution in [0.1, 0.15) is 12.6 Å². The van der Waals surface area contributed by atoms with E-state index in [1.807, 2.05) is 18.2 Å². The first-order valence-corrected chi connectivity index (χ1v) is 7.83. The number of benzene rings is 1. The molecule has 4 rings (SSSR count). The molecule has 3 atom stereocenters. The maximum absolute atomic E-state index is 9.93. The molecule has 0 aliphatic carbocycles. The molecule has 0 spiro atoms. The van der Waals surface area contributed by atoms with E-state index in [4.69, 9.17) is 15.2 Å². The smallest absolute Gasteiger partial charge is 0.252 e. The van der Waals surface area contributed by atoms with Crippen molar-refractivity contribution in [2.45, 2.75) is 24.9 Å². The van der Waals surface area contributed by atoms with Gasteiger partial charge >= 0.3 is 0 Å². The number of fused-ring (bicyclic) bond motifs is 1. The van der Waals surface area contributed by atoms with E-state index in [9.17, 15) is 10.2 Å². The summed E-state index contributed by atoms with van der Waals surface area (Å²) in [5.74, 6) is 0.881. The predicted molar refractivity (Wildman–Crippen MR) is 87.9 cm³/mol. The highest BCUT2D eigenvalue weighted by molar-refractivity contribution is 5.78. The molecule has 1 aliphatic rings. The first-order chi connectivity index (χ1) is 12.2. The summed E-state index contributed by atoms with van der Waals surface area (Å²) in [6, 6.07) is 9.16. The minimum absolute atomic E-state index is 0.0393. The maximum atomic E-state index is 9.93. The van der Waals surface area contributed by atoms with E-state index in [1.54, 1.807) is 16.7 Å². The summed E-state index contributed by atoms with van der Waals surface area (Å²) < 4.78 is 13.1. The van der Waals surface area contributed by atoms with Gasteiger partial charge in [-0.05, 0) is 12.1 Å². The van der Waals surface area contributed by atoms with E-state index in [0.29, 0.717) is 23.3 Å². The number of aliphatic hydroxyl groups excluding tert-OH is 2. The molecule has 1 aromatic carbocycles. The predicted octanol–water partition coefficient (Wildman–Crippen LogP) is 0.841. The molecule has 0 saturated carbocycles. The number of nitrogens with two attached hydrogens (primary N) is 1. The van der Waals surface area contributed by atoms with Gasteiger partial charge in [0.15, 0.2) is 11.2 Å². The third kappa shape index (κ3) is 2.88. The summed E-state index contributed by atoms with van der Waals surface area (Å²) in [6.45, 7) is -0.260. The first kappa shape index (κ1) is 15.8. The number of aromatic nitrogens is 4. The number of hydrogen-bond donors (Lipinski definition) is 3. The van der Waals surface area contributed by atoms with Crippen LogP contribution < -0.4 is 10.5 Å². The van der Waals surface area contributed by atoms with Crippen LogP contribution >= 0.6 is 0 Å². The molecule has 0 bridgehead atoms. The Morgan fingerprint density at radius 1 is 1.28 bits per heavy atom. The summed E-state index contributed by atoms with van der Waals surface area (Å²) in [6.07, 6.45) is -0.0483. The zero-order chi connectivity index (χ0) is 17.4. The molecule has 1 aliphatic heterocycles. The van der Waals surface area contributed by atoms with Crippen molar-refractivity contribution < 1.29 is 19.7 Å². The Morgan fingerprint density at radius 2 is 2.08 bits per heavy atom. The van der Waals surface area contributed by atoms with Gasteiger partial charge in [-0.25, -0.2) is 4.98 Å². The van der Waals surface area contributed by atoms with Crippen molar-refractivity contribution in [3.8, 4) is 11.6 Å². The van der Waals surface area contributed by atoms with Crippen molar-refractivity contribution in [1.29, 1.82) is 0 Å². The number of nitrogens with zero attached hydrogens (tertiary/aromatic N) is 4. The van der Waals surface area contributed by atoms with E-state index in [0.717, 1.165) is 0 Å². The summed E-state index contributed by atoms with van der Waals surface area (Å²) in [5, 5.41) is 19.2. The number of para-hydroxylation sites is 1. The van der Waals surface area contributed by atoms with Crippen molar-refractivity contribution in [2.75, 3.05) is 12.3 Å². The van der Waals surface area contributed by atoms with Crippen molar-refractivity contribution in [2.24, 2.45) is 0 Å². The fourth-order valence-corrected chi connectivity index (χ4v) is 2.84. The van der Waals surface area contributed by atoms with E-state index in [-0.39, 0.29) is 18.4 Å². The maximum Gasteiger partial charge on any atom is 0.252 e. The van der Waals surface area contributed by atoms with Gasteiger partial charge in [0.1, 0.15) is 18.1 Å². The van der Waals surface area contributed by atoms with Crippen LogP contribution in [0.3, 0.4) is 0 Å². The van der Waals surface area contributed by atoms with Crippen LogP contribution in [0.5, 0.6) is 11.6 Å². The average molecular weight is 343 g/mol. The Hall–Kier alpha value is -2.75. The second-order valence-electron chi connectivity index (χ2n) is 5.74. The molecule has 1 fully saturated rings. The Morgan fingerprint density at radius 3 is 2.80 bits per heavy atom. The van der Waals surface area contributed by atoms with E-state index in [2.05, 4.69) is 15.0 Å². The van der Waals surface area contributed by atoms with Gasteiger partial charge in [-0.2, -0.15) is 9.97 Å². The van der Waals surface area contributed by atoms with Crippen LogP contribution in [0, 0.1) is 0 Å². The Kier molecular flexibility index (Phi) is 3.96. The third-order valence-electron chi connectivity index (χ3n) is 4.06. The highest BCUT2D eigenvalue weighted by atomic mass is 16.5. The van der Waals surface area contributed by atoms with Crippen LogP contribution in [0.2, 0.25) is 0 Å². The van der Waals surface area contributed by atoms with E-state index >= 15 is 0 Å². The molecule has 9 nitrogen and oxygen atoms in total. The molecule has 3 heterocycles. The third-order valence-corrected chi connectivity index (χ3v) is 4.06. The summed E-state index contributed by atoms with van der Waals surface area (Å²) >= 11 is 0. The molecule has 25 heavy (non-hydrogen) atoms. The van der Waals surface area contributed by atoms with Gasteiger partial charge in [0, 0.05) is 6.42 Å². The number of rotatable bonds is 4. The van der Waals surface area contributed by atoms with Gasteiger partial charge < -0.3 is 25.4 Å². The molecule has 0 radical (unpaired) electrons. The normalized spacial score (nSPS) is 23.2. The number of hydrogen-bond acceptors (Lipinski definition) is 8. The van der Waals surface area contributed by atoms with Crippen LogP contribution in [0.4, 0.5) is 5.95 Å². The Labute approximate surface area is 142 Å². The Bertz CT molecular complexity index is 885. The lowest BCUT2D eigenvalue weighted by atomic mass is 10.2. The average Bonchev–Trinajstić information content (AvgIpc) is 3.18. The van der Waals surface area contributed by atoms with Gasteiger partial charge in [0.05, 0.1) is 19.0 Å². The van der Waals surface area contributed by atoms with Crippen molar-refractivity contribution in [3.05, 3.63) is 36.7 Å². The van der Waals surface area contributed by atoms with Gasteiger partial charge in [0.2, 0.25) is 5.95 Å².